The molecule has 1 aliphatic rings. The third kappa shape index (κ3) is 5.14. The fraction of sp³-hybridized carbons (Fsp3) is 0.188. The van der Waals surface area contributed by atoms with Crippen molar-refractivity contribution in [2.75, 3.05) is 0 Å². The second kappa shape index (κ2) is 10.7. The maximum Gasteiger partial charge on any atom is 0.303 e. The van der Waals surface area contributed by atoms with Crippen molar-refractivity contribution in [1.29, 1.82) is 0 Å². The number of fused-ring (bicyclic) bond motifs is 2. The van der Waals surface area contributed by atoms with E-state index in [4.69, 9.17) is 16.7 Å². The summed E-state index contributed by atoms with van der Waals surface area (Å²) in [4.78, 5) is 41.2. The van der Waals surface area contributed by atoms with E-state index in [0.717, 1.165) is 33.0 Å². The molecule has 0 aliphatic carbocycles. The number of aryl methyl sites for hydroxylation is 1. The Hall–Kier alpha value is -4.69. The first-order chi connectivity index (χ1) is 19.8. The molecule has 206 valence electrons. The normalized spacial score (nSPS) is 15.0. The van der Waals surface area contributed by atoms with Gasteiger partial charge in [0.2, 0.25) is 5.91 Å². The molecule has 3 aromatic carbocycles. The lowest BCUT2D eigenvalue weighted by molar-refractivity contribution is -0.141. The molecule has 0 saturated carbocycles. The van der Waals surface area contributed by atoms with E-state index >= 15 is 0 Å². The minimum absolute atomic E-state index is 0.198. The van der Waals surface area contributed by atoms with E-state index in [2.05, 4.69) is 4.98 Å². The van der Waals surface area contributed by atoms with Crippen LogP contribution in [0.25, 0.3) is 21.8 Å². The number of nitrogens with one attached hydrogen (secondary N) is 1. The van der Waals surface area contributed by atoms with Gasteiger partial charge in [0.25, 0.3) is 5.56 Å². The van der Waals surface area contributed by atoms with E-state index in [-0.39, 0.29) is 18.4 Å². The number of halogens is 1. The average molecular weight is 567 g/mol. The number of aliphatic carboxylic acids is 1. The Balaban J connectivity index is 1.49. The first-order valence-corrected chi connectivity index (χ1v) is 13.7. The smallest absolute Gasteiger partial charge is 0.303 e. The predicted molar refractivity (Wildman–Crippen MR) is 159 cm³/mol. The molecule has 0 saturated heterocycles. The van der Waals surface area contributed by atoms with Crippen LogP contribution in [0.2, 0.25) is 5.02 Å². The Morgan fingerprint density at radius 2 is 1.85 bits per heavy atom. The summed E-state index contributed by atoms with van der Waals surface area (Å²) in [5.74, 6) is -1.47. The lowest BCUT2D eigenvalue weighted by Gasteiger charge is -2.22. The summed E-state index contributed by atoms with van der Waals surface area (Å²) in [7, 11) is 1.97. The number of pyridine rings is 1. The highest BCUT2D eigenvalue weighted by Crippen LogP contribution is 2.36. The Bertz CT molecular complexity index is 1910. The van der Waals surface area contributed by atoms with Crippen LogP contribution in [0.15, 0.2) is 88.9 Å². The summed E-state index contributed by atoms with van der Waals surface area (Å²) in [6.07, 6.45) is 2.23. The summed E-state index contributed by atoms with van der Waals surface area (Å²) >= 11 is 6.40. The molecule has 5 aromatic rings. The van der Waals surface area contributed by atoms with Gasteiger partial charge in [-0.2, -0.15) is 5.10 Å². The molecule has 0 fully saturated rings. The van der Waals surface area contributed by atoms with E-state index in [1.165, 1.54) is 5.01 Å². The van der Waals surface area contributed by atoms with Crippen LogP contribution in [0.4, 0.5) is 0 Å². The van der Waals surface area contributed by atoms with Gasteiger partial charge in [-0.05, 0) is 64.9 Å². The molecule has 1 atom stereocenters. The van der Waals surface area contributed by atoms with E-state index < -0.39 is 17.9 Å². The number of hydrogen-bond donors (Lipinski definition) is 2. The van der Waals surface area contributed by atoms with Crippen molar-refractivity contribution in [3.63, 3.8) is 0 Å². The Morgan fingerprint density at radius 3 is 2.63 bits per heavy atom. The highest BCUT2D eigenvalue weighted by molar-refractivity contribution is 6.31. The van der Waals surface area contributed by atoms with Gasteiger partial charge in [-0.15, -0.1) is 0 Å². The van der Waals surface area contributed by atoms with Crippen molar-refractivity contribution in [3.8, 4) is 0 Å². The number of hydrazone groups is 1. The monoisotopic (exact) mass is 566 g/mol. The number of aromatic amines is 1. The van der Waals surface area contributed by atoms with Crippen molar-refractivity contribution in [3.05, 3.63) is 117 Å². The number of H-pyrrole nitrogens is 1. The highest BCUT2D eigenvalue weighted by atomic mass is 35.5. The van der Waals surface area contributed by atoms with Crippen LogP contribution in [0, 0.1) is 0 Å². The zero-order valence-electron chi connectivity index (χ0n) is 22.3. The second-order valence-electron chi connectivity index (χ2n) is 10.3. The Kier molecular flexibility index (Phi) is 6.93. The molecular weight excluding hydrogens is 540 g/mol. The van der Waals surface area contributed by atoms with Gasteiger partial charge in [-0.3, -0.25) is 14.4 Å². The van der Waals surface area contributed by atoms with Gasteiger partial charge in [0.1, 0.15) is 0 Å². The van der Waals surface area contributed by atoms with Gasteiger partial charge in [-0.1, -0.05) is 48.0 Å². The molecule has 0 bridgehead atoms. The van der Waals surface area contributed by atoms with Gasteiger partial charge in [0.15, 0.2) is 0 Å². The molecule has 1 aliphatic heterocycles. The number of carbonyl (C=O) groups is 2. The number of carboxylic acid groups (broad SMARTS) is 1. The zero-order chi connectivity index (χ0) is 28.7. The van der Waals surface area contributed by atoms with E-state index in [9.17, 15) is 19.5 Å². The fourth-order valence-corrected chi connectivity index (χ4v) is 5.78. The van der Waals surface area contributed by atoms with Crippen LogP contribution in [-0.4, -0.2) is 37.3 Å². The molecule has 0 radical (unpaired) electrons. The third-order valence-electron chi connectivity index (χ3n) is 7.61. The summed E-state index contributed by atoms with van der Waals surface area (Å²) in [6, 6.07) is 22.7. The molecule has 8 nitrogen and oxygen atoms in total. The largest absolute Gasteiger partial charge is 0.481 e. The lowest BCUT2D eigenvalue weighted by Crippen LogP contribution is -2.27. The Morgan fingerprint density at radius 1 is 1.05 bits per heavy atom. The maximum atomic E-state index is 13.7. The van der Waals surface area contributed by atoms with Gasteiger partial charge in [-0.25, -0.2) is 5.01 Å². The summed E-state index contributed by atoms with van der Waals surface area (Å²) in [5, 5.41) is 17.6. The van der Waals surface area contributed by atoms with Crippen LogP contribution >= 0.6 is 11.6 Å². The average Bonchev–Trinajstić information content (AvgIpc) is 3.56. The van der Waals surface area contributed by atoms with Crippen molar-refractivity contribution in [2.24, 2.45) is 12.1 Å². The molecule has 2 aromatic heterocycles. The van der Waals surface area contributed by atoms with Gasteiger partial charge >= 0.3 is 5.97 Å². The topological polar surface area (TPSA) is 108 Å². The maximum absolute atomic E-state index is 13.7. The molecule has 1 amide bonds. The minimum atomic E-state index is -1.06. The number of carboxylic acids is 1. The highest BCUT2D eigenvalue weighted by Gasteiger charge is 2.35. The lowest BCUT2D eigenvalue weighted by atomic mass is 9.91. The molecule has 1 unspecified atom stereocenters. The van der Waals surface area contributed by atoms with Crippen LogP contribution < -0.4 is 5.56 Å². The molecule has 2 N–H and O–H groups in total. The van der Waals surface area contributed by atoms with Gasteiger partial charge in [0, 0.05) is 47.5 Å². The number of hydrogen-bond acceptors (Lipinski definition) is 4. The number of benzene rings is 3. The van der Waals surface area contributed by atoms with E-state index in [1.807, 2.05) is 78.5 Å². The second-order valence-corrected chi connectivity index (χ2v) is 10.7. The van der Waals surface area contributed by atoms with Gasteiger partial charge in [0.05, 0.1) is 23.7 Å². The SMILES string of the molecule is Cn1ccc2cc(C3CC(c4c(Cc5ccccc5)c5cc(Cl)ccc5[nH]c4=O)=NN3C(=O)CCC(=O)O)ccc21. The number of amides is 1. The van der Waals surface area contributed by atoms with Crippen LogP contribution in [-0.2, 0) is 23.1 Å². The summed E-state index contributed by atoms with van der Waals surface area (Å²) in [5.41, 5.74) is 4.92. The number of carbonyl (C=O) groups excluding carboxylic acids is 1. The first kappa shape index (κ1) is 26.5. The van der Waals surface area contributed by atoms with Crippen LogP contribution in [0.1, 0.15) is 47.6 Å². The quantitative estimate of drug-likeness (QED) is 0.259. The molecule has 3 heterocycles. The standard InChI is InChI=1S/C32H27ClN4O4/c1-36-14-13-21-16-20(7-10-27(21)36)28-18-26(35-37(28)29(38)11-12-30(39)40)31-24(15-19-5-3-2-4-6-19)23-17-22(33)8-9-25(23)34-32(31)41/h2-10,13-14,16-17,28H,11-12,15,18H2,1H3,(H,34,41)(H,39,40). The molecule has 9 heteroatoms. The van der Waals surface area contributed by atoms with Crippen LogP contribution in [0.3, 0.4) is 0 Å². The van der Waals surface area contributed by atoms with Crippen molar-refractivity contribution >= 4 is 51.0 Å². The van der Waals surface area contributed by atoms with Crippen molar-refractivity contribution < 1.29 is 14.7 Å². The first-order valence-electron chi connectivity index (χ1n) is 13.3. The van der Waals surface area contributed by atoms with Crippen LogP contribution in [0.5, 0.6) is 0 Å². The number of nitrogens with zero attached hydrogens (tertiary/aromatic N) is 3. The van der Waals surface area contributed by atoms with E-state index in [0.29, 0.717) is 34.7 Å². The predicted octanol–water partition coefficient (Wildman–Crippen LogP) is 5.81. The summed E-state index contributed by atoms with van der Waals surface area (Å²) in [6.45, 7) is 0. The number of rotatable bonds is 7. The zero-order valence-corrected chi connectivity index (χ0v) is 23.1. The Labute approximate surface area is 240 Å². The van der Waals surface area contributed by atoms with E-state index in [1.54, 1.807) is 12.1 Å². The summed E-state index contributed by atoms with van der Waals surface area (Å²) < 4.78 is 2.01. The van der Waals surface area contributed by atoms with Gasteiger partial charge < -0.3 is 14.7 Å². The number of aromatic nitrogens is 2. The van der Waals surface area contributed by atoms with Crippen molar-refractivity contribution in [2.45, 2.75) is 31.7 Å². The molecular formula is C32H27ClN4O4. The minimum Gasteiger partial charge on any atom is -0.481 e. The van der Waals surface area contributed by atoms with Crippen molar-refractivity contribution in [1.82, 2.24) is 14.6 Å². The molecule has 6 rings (SSSR count). The molecule has 0 spiro atoms. The fourth-order valence-electron chi connectivity index (χ4n) is 5.61. The molecule has 41 heavy (non-hydrogen) atoms. The third-order valence-corrected chi connectivity index (χ3v) is 7.84.